The molecule has 210 valence electrons. The summed E-state index contributed by atoms with van der Waals surface area (Å²) >= 11 is 0. The molecule has 0 radical (unpaired) electrons. The van der Waals surface area contributed by atoms with E-state index in [1.807, 2.05) is 61.3 Å². The minimum absolute atomic E-state index is 0.0152. The number of nitrogens with zero attached hydrogens (tertiary/aromatic N) is 3. The number of aromatic nitrogens is 2. The average molecular weight is 544 g/mol. The number of amides is 3. The van der Waals surface area contributed by atoms with Crippen LogP contribution in [-0.2, 0) is 4.79 Å². The van der Waals surface area contributed by atoms with E-state index in [9.17, 15) is 14.4 Å². The van der Waals surface area contributed by atoms with Crippen LogP contribution in [0.25, 0.3) is 5.69 Å². The molecule has 2 aromatic carbocycles. The first-order valence-electron chi connectivity index (χ1n) is 14.1. The van der Waals surface area contributed by atoms with E-state index in [2.05, 4.69) is 15.7 Å². The summed E-state index contributed by atoms with van der Waals surface area (Å²) in [4.78, 5) is 41.7. The molecule has 1 fully saturated rings. The van der Waals surface area contributed by atoms with Crippen molar-refractivity contribution >= 4 is 17.7 Å². The molecule has 1 atom stereocenters. The molecule has 3 aromatic rings. The molecule has 0 unspecified atom stereocenters. The lowest BCUT2D eigenvalue weighted by Crippen LogP contribution is -2.52. The first-order chi connectivity index (χ1) is 19.4. The standard InChI is InChI=1S/C31H37N5O4/c1-22-10-11-24(20-26(22)36-17-7-16-33-36)29(38)35-18-13-31(14-19-35)12-5-6-15-32-28(37)25-8-3-4-9-27(25)40-21-23(2)34-30(31)39/h3-4,7-11,16-17,20,23H,5-6,12-15,18-19,21H2,1-2H3,(H,32,37)(H,34,39)/t23-/m1/s1. The second kappa shape index (κ2) is 11.9. The molecule has 3 amide bonds. The summed E-state index contributed by atoms with van der Waals surface area (Å²) in [7, 11) is 0. The lowest BCUT2D eigenvalue weighted by Gasteiger charge is -2.41. The molecule has 1 aromatic heterocycles. The van der Waals surface area contributed by atoms with Crippen LogP contribution in [0.3, 0.4) is 0 Å². The van der Waals surface area contributed by atoms with Gasteiger partial charge in [0.2, 0.25) is 5.91 Å². The number of nitrogens with one attached hydrogen (secondary N) is 2. The maximum absolute atomic E-state index is 13.7. The number of rotatable bonds is 2. The topological polar surface area (TPSA) is 106 Å². The molecule has 9 heteroatoms. The van der Waals surface area contributed by atoms with E-state index in [0.717, 1.165) is 24.1 Å². The summed E-state index contributed by atoms with van der Waals surface area (Å²) in [5, 5.41) is 10.5. The smallest absolute Gasteiger partial charge is 0.255 e. The highest BCUT2D eigenvalue weighted by molar-refractivity contribution is 5.97. The van der Waals surface area contributed by atoms with Crippen LogP contribution in [-0.4, -0.2) is 64.7 Å². The molecule has 40 heavy (non-hydrogen) atoms. The highest BCUT2D eigenvalue weighted by Crippen LogP contribution is 2.38. The molecule has 1 saturated heterocycles. The number of hydrogen-bond acceptors (Lipinski definition) is 5. The average Bonchev–Trinajstić information content (AvgIpc) is 3.50. The number of carbonyl (C=O) groups is 3. The number of aryl methyl sites for hydroxylation is 1. The van der Waals surface area contributed by atoms with E-state index in [4.69, 9.17) is 4.74 Å². The number of fused-ring (bicyclic) bond motifs is 1. The van der Waals surface area contributed by atoms with Gasteiger partial charge in [0.25, 0.3) is 11.8 Å². The number of para-hydroxylation sites is 1. The molecule has 2 aliphatic rings. The molecular formula is C31H37N5O4. The monoisotopic (exact) mass is 543 g/mol. The van der Waals surface area contributed by atoms with Crippen molar-refractivity contribution in [3.05, 3.63) is 77.6 Å². The number of likely N-dealkylation sites (tertiary alicyclic amines) is 1. The van der Waals surface area contributed by atoms with Crippen LogP contribution in [0.2, 0.25) is 0 Å². The number of benzene rings is 2. The number of carbonyl (C=O) groups excluding carboxylic acids is 3. The Bertz CT molecular complexity index is 1360. The zero-order valence-electron chi connectivity index (χ0n) is 23.2. The van der Waals surface area contributed by atoms with Crippen molar-refractivity contribution in [2.45, 2.75) is 52.0 Å². The van der Waals surface area contributed by atoms with Crippen molar-refractivity contribution in [3.63, 3.8) is 0 Å². The first kappa shape index (κ1) is 27.4. The fourth-order valence-corrected chi connectivity index (χ4v) is 5.61. The van der Waals surface area contributed by atoms with Gasteiger partial charge < -0.3 is 20.3 Å². The third-order valence-electron chi connectivity index (χ3n) is 8.06. The van der Waals surface area contributed by atoms with Crippen molar-refractivity contribution in [3.8, 4) is 11.4 Å². The molecular weight excluding hydrogens is 506 g/mol. The third-order valence-corrected chi connectivity index (χ3v) is 8.06. The summed E-state index contributed by atoms with van der Waals surface area (Å²) in [5.74, 6) is 0.332. The molecule has 2 N–H and O–H groups in total. The number of hydrogen-bond donors (Lipinski definition) is 2. The van der Waals surface area contributed by atoms with Gasteiger partial charge in [0.05, 0.1) is 22.7 Å². The zero-order chi connectivity index (χ0) is 28.1. The van der Waals surface area contributed by atoms with Crippen LogP contribution < -0.4 is 15.4 Å². The quantitative estimate of drug-likeness (QED) is 0.510. The molecule has 5 rings (SSSR count). The van der Waals surface area contributed by atoms with E-state index < -0.39 is 5.41 Å². The summed E-state index contributed by atoms with van der Waals surface area (Å²) in [6, 6.07) is 14.5. The van der Waals surface area contributed by atoms with Gasteiger partial charge >= 0.3 is 0 Å². The SMILES string of the molecule is Cc1ccc(C(=O)N2CCC3(CCCCNC(=O)c4ccccc4OC[C@@H](C)NC3=O)CC2)cc1-n1cccn1. The van der Waals surface area contributed by atoms with Crippen molar-refractivity contribution in [1.82, 2.24) is 25.3 Å². The predicted molar refractivity (Wildman–Crippen MR) is 152 cm³/mol. The van der Waals surface area contributed by atoms with Crippen LogP contribution in [0.5, 0.6) is 5.75 Å². The Morgan fingerprint density at radius 2 is 1.85 bits per heavy atom. The second-order valence-corrected chi connectivity index (χ2v) is 10.9. The Balaban J connectivity index is 1.28. The molecule has 0 aliphatic carbocycles. The van der Waals surface area contributed by atoms with E-state index in [1.54, 1.807) is 23.0 Å². The highest BCUT2D eigenvalue weighted by atomic mass is 16.5. The van der Waals surface area contributed by atoms with Crippen LogP contribution in [0.4, 0.5) is 0 Å². The van der Waals surface area contributed by atoms with Gasteiger partial charge in [-0.05, 0) is 75.4 Å². The zero-order valence-corrected chi connectivity index (χ0v) is 23.2. The largest absolute Gasteiger partial charge is 0.491 e. The van der Waals surface area contributed by atoms with Crippen LogP contribution >= 0.6 is 0 Å². The van der Waals surface area contributed by atoms with Gasteiger partial charge in [0, 0.05) is 37.6 Å². The van der Waals surface area contributed by atoms with Crippen molar-refractivity contribution in [2.75, 3.05) is 26.2 Å². The first-order valence-corrected chi connectivity index (χ1v) is 14.1. The normalized spacial score (nSPS) is 20.1. The third kappa shape index (κ3) is 5.88. The molecule has 0 saturated carbocycles. The summed E-state index contributed by atoms with van der Waals surface area (Å²) in [5.41, 5.74) is 2.46. The van der Waals surface area contributed by atoms with Gasteiger partial charge in [-0.15, -0.1) is 0 Å². The van der Waals surface area contributed by atoms with Gasteiger partial charge in [-0.3, -0.25) is 14.4 Å². The molecule has 3 heterocycles. The molecule has 0 bridgehead atoms. The molecule has 9 nitrogen and oxygen atoms in total. The minimum Gasteiger partial charge on any atom is -0.491 e. The Kier molecular flexibility index (Phi) is 8.19. The van der Waals surface area contributed by atoms with Crippen molar-refractivity contribution in [2.24, 2.45) is 5.41 Å². The molecule has 2 aliphatic heterocycles. The summed E-state index contributed by atoms with van der Waals surface area (Å²) < 4.78 is 7.71. The van der Waals surface area contributed by atoms with Crippen molar-refractivity contribution in [1.29, 1.82) is 0 Å². The maximum Gasteiger partial charge on any atom is 0.255 e. The van der Waals surface area contributed by atoms with E-state index in [1.165, 1.54) is 0 Å². The van der Waals surface area contributed by atoms with Crippen LogP contribution in [0, 0.1) is 12.3 Å². The van der Waals surface area contributed by atoms with Crippen LogP contribution in [0.1, 0.15) is 65.3 Å². The van der Waals surface area contributed by atoms with Crippen molar-refractivity contribution < 1.29 is 19.1 Å². The van der Waals surface area contributed by atoms with Gasteiger partial charge in [-0.1, -0.05) is 24.6 Å². The maximum atomic E-state index is 13.7. The molecule has 1 spiro atoms. The van der Waals surface area contributed by atoms with E-state index in [0.29, 0.717) is 55.8 Å². The minimum atomic E-state index is -0.565. The number of ether oxygens (including phenoxy) is 1. The Hall–Kier alpha value is -4.14. The van der Waals surface area contributed by atoms with E-state index >= 15 is 0 Å². The van der Waals surface area contributed by atoms with Crippen LogP contribution in [0.15, 0.2) is 60.9 Å². The lowest BCUT2D eigenvalue weighted by molar-refractivity contribution is -0.135. The van der Waals surface area contributed by atoms with Gasteiger partial charge in [0.15, 0.2) is 0 Å². The second-order valence-electron chi connectivity index (χ2n) is 10.9. The van der Waals surface area contributed by atoms with Gasteiger partial charge in [0.1, 0.15) is 12.4 Å². The Morgan fingerprint density at radius 3 is 2.62 bits per heavy atom. The Morgan fingerprint density at radius 1 is 1.05 bits per heavy atom. The van der Waals surface area contributed by atoms with Gasteiger partial charge in [-0.2, -0.15) is 5.10 Å². The summed E-state index contributed by atoms with van der Waals surface area (Å²) in [6.07, 6.45) is 7.03. The predicted octanol–water partition coefficient (Wildman–Crippen LogP) is 3.90. The fraction of sp³-hybridized carbons (Fsp3) is 0.419. The fourth-order valence-electron chi connectivity index (χ4n) is 5.61. The summed E-state index contributed by atoms with van der Waals surface area (Å²) in [6.45, 7) is 5.70. The lowest BCUT2D eigenvalue weighted by atomic mass is 9.73. The van der Waals surface area contributed by atoms with E-state index in [-0.39, 0.29) is 30.4 Å². The highest BCUT2D eigenvalue weighted by Gasteiger charge is 2.42. The van der Waals surface area contributed by atoms with Gasteiger partial charge in [-0.25, -0.2) is 4.68 Å². The Labute approximate surface area is 234 Å². The number of piperidine rings is 1.